The third kappa shape index (κ3) is 4.06. The van der Waals surface area contributed by atoms with Gasteiger partial charge in [-0.1, -0.05) is 27.9 Å². The van der Waals surface area contributed by atoms with E-state index in [1.54, 1.807) is 24.3 Å². The maximum atomic E-state index is 13.0. The Balaban J connectivity index is 3.51. The molecule has 0 fully saturated rings. The van der Waals surface area contributed by atoms with Crippen LogP contribution in [0.2, 0.25) is 0 Å². The van der Waals surface area contributed by atoms with Crippen molar-refractivity contribution >= 4 is 20.1 Å². The van der Waals surface area contributed by atoms with Crippen molar-refractivity contribution in [3.63, 3.8) is 0 Å². The molecule has 0 spiro atoms. The van der Waals surface area contributed by atoms with Gasteiger partial charge in [-0.2, -0.15) is 18.0 Å². The van der Waals surface area contributed by atoms with Crippen LogP contribution in [-0.4, -0.2) is 48.4 Å². The van der Waals surface area contributed by atoms with Crippen LogP contribution in [0, 0.1) is 23.7 Å². The third-order valence-corrected chi connectivity index (χ3v) is 6.93. The summed E-state index contributed by atoms with van der Waals surface area (Å²) in [5.41, 5.74) is 0. The summed E-state index contributed by atoms with van der Waals surface area (Å²) in [4.78, 5) is 0.251. The van der Waals surface area contributed by atoms with Gasteiger partial charge < -0.3 is 0 Å². The van der Waals surface area contributed by atoms with E-state index in [0.717, 1.165) is 0 Å². The Morgan fingerprint density at radius 3 is 2.23 bits per heavy atom. The second kappa shape index (κ2) is 7.38. The molecule has 1 aromatic carbocycles. The van der Waals surface area contributed by atoms with Gasteiger partial charge >= 0.3 is 10.2 Å². The Kier molecular flexibility index (Phi) is 6.09. The molecule has 0 heterocycles. The Bertz CT molecular complexity index is 795. The molecule has 7 nitrogen and oxygen atoms in total. The van der Waals surface area contributed by atoms with Crippen molar-refractivity contribution in [2.75, 3.05) is 27.2 Å². The maximum Gasteiger partial charge on any atom is 0.333 e. The van der Waals surface area contributed by atoms with E-state index in [2.05, 4.69) is 9.69 Å². The molecule has 118 valence electrons. The second-order valence-corrected chi connectivity index (χ2v) is 8.51. The molecular weight excluding hydrogens is 324 g/mol. The van der Waals surface area contributed by atoms with Gasteiger partial charge in [-0.15, -0.1) is 6.42 Å². The number of terminal acetylenes is 1. The highest BCUT2D eigenvalue weighted by Gasteiger charge is 2.26. The molecule has 9 heteroatoms. The van der Waals surface area contributed by atoms with Crippen LogP contribution in [-0.2, 0) is 20.1 Å². The van der Waals surface area contributed by atoms with E-state index in [1.165, 1.54) is 30.5 Å². The van der Waals surface area contributed by atoms with Crippen LogP contribution >= 0.6 is 0 Å². The van der Waals surface area contributed by atoms with E-state index in [1.807, 2.05) is 0 Å². The van der Waals surface area contributed by atoms with Crippen molar-refractivity contribution in [1.29, 1.82) is 5.26 Å². The quantitative estimate of drug-likeness (QED) is 0.562. The summed E-state index contributed by atoms with van der Waals surface area (Å²) in [5, 5.41) is 8.70. The SMILES string of the molecule is C#CCN(CC#N)S(=O)(=O)N=S(=O)(c1ccccc1)N(C)C. The topological polar surface area (TPSA) is 93.8 Å². The number of nitriles is 1. The first kappa shape index (κ1) is 18.1. The molecular formula is C13H16N4O3S2. The van der Waals surface area contributed by atoms with Crippen LogP contribution in [0.25, 0.3) is 0 Å². The Hall–Kier alpha value is -1.91. The van der Waals surface area contributed by atoms with E-state index in [4.69, 9.17) is 11.7 Å². The molecule has 0 saturated heterocycles. The molecule has 1 atom stereocenters. The van der Waals surface area contributed by atoms with Crippen molar-refractivity contribution in [3.8, 4) is 18.4 Å². The second-order valence-electron chi connectivity index (χ2n) is 4.30. The van der Waals surface area contributed by atoms with Crippen molar-refractivity contribution in [3.05, 3.63) is 30.3 Å². The summed E-state index contributed by atoms with van der Waals surface area (Å²) in [7, 11) is -4.77. The maximum absolute atomic E-state index is 13.0. The van der Waals surface area contributed by atoms with Crippen LogP contribution in [0.15, 0.2) is 39.0 Å². The zero-order valence-corrected chi connectivity index (χ0v) is 13.8. The predicted octanol–water partition coefficient (Wildman–Crippen LogP) is 0.694. The lowest BCUT2D eigenvalue weighted by Gasteiger charge is -2.19. The first-order valence-electron chi connectivity index (χ1n) is 6.09. The highest BCUT2D eigenvalue weighted by Crippen LogP contribution is 2.19. The van der Waals surface area contributed by atoms with Crippen molar-refractivity contribution in [2.45, 2.75) is 4.90 Å². The van der Waals surface area contributed by atoms with Gasteiger partial charge in [-0.3, -0.25) is 0 Å². The summed E-state index contributed by atoms with van der Waals surface area (Å²) in [6, 6.07) is 9.73. The van der Waals surface area contributed by atoms with E-state index in [9.17, 15) is 12.6 Å². The number of hydrogen-bond donors (Lipinski definition) is 0. The molecule has 22 heavy (non-hydrogen) atoms. The lowest BCUT2D eigenvalue weighted by Crippen LogP contribution is -2.33. The van der Waals surface area contributed by atoms with Crippen molar-refractivity contribution in [2.24, 2.45) is 3.77 Å². The van der Waals surface area contributed by atoms with E-state index in [0.29, 0.717) is 4.31 Å². The van der Waals surface area contributed by atoms with Gasteiger partial charge in [0.15, 0.2) is 9.92 Å². The molecule has 0 bridgehead atoms. The zero-order valence-electron chi connectivity index (χ0n) is 12.2. The van der Waals surface area contributed by atoms with Crippen LogP contribution in [0.4, 0.5) is 0 Å². The monoisotopic (exact) mass is 340 g/mol. The summed E-state index contributed by atoms with van der Waals surface area (Å²) in [6.45, 7) is -0.787. The molecule has 1 rings (SSSR count). The Morgan fingerprint density at radius 2 is 1.77 bits per heavy atom. The normalized spacial score (nSPS) is 14.1. The average molecular weight is 340 g/mol. The fraction of sp³-hybridized carbons (Fsp3) is 0.308. The van der Waals surface area contributed by atoms with Crippen molar-refractivity contribution in [1.82, 2.24) is 8.61 Å². The van der Waals surface area contributed by atoms with Gasteiger partial charge in [-0.25, -0.2) is 8.51 Å². The molecule has 0 amide bonds. The van der Waals surface area contributed by atoms with E-state index in [-0.39, 0.29) is 11.4 Å². The summed E-state index contributed by atoms with van der Waals surface area (Å²) >= 11 is 0. The largest absolute Gasteiger partial charge is 0.333 e. The first-order valence-corrected chi connectivity index (χ1v) is 8.96. The fourth-order valence-electron chi connectivity index (χ4n) is 1.49. The highest BCUT2D eigenvalue weighted by molar-refractivity contribution is 8.01. The van der Waals surface area contributed by atoms with Crippen LogP contribution < -0.4 is 0 Å². The van der Waals surface area contributed by atoms with Gasteiger partial charge in [0.25, 0.3) is 0 Å². The minimum atomic E-state index is -4.32. The predicted molar refractivity (Wildman–Crippen MR) is 83.9 cm³/mol. The number of benzene rings is 1. The minimum Gasteiger partial charge on any atom is -0.227 e. The van der Waals surface area contributed by atoms with Crippen LogP contribution in [0.5, 0.6) is 0 Å². The van der Waals surface area contributed by atoms with Crippen LogP contribution in [0.3, 0.4) is 0 Å². The van der Waals surface area contributed by atoms with Gasteiger partial charge in [0.1, 0.15) is 6.54 Å². The molecule has 0 N–H and O–H groups in total. The number of hydrogen-bond acceptors (Lipinski definition) is 4. The lowest BCUT2D eigenvalue weighted by molar-refractivity contribution is 0.482. The molecule has 0 saturated carbocycles. The average Bonchev–Trinajstić information content (AvgIpc) is 2.47. The van der Waals surface area contributed by atoms with Gasteiger partial charge in [-0.05, 0) is 12.1 Å². The lowest BCUT2D eigenvalue weighted by atomic mass is 10.4. The summed E-state index contributed by atoms with van der Waals surface area (Å²) < 4.78 is 43.1. The molecule has 0 aliphatic carbocycles. The standard InChI is InChI=1S/C13H16N4O3S2/c1-4-11-17(12-10-14)22(19,20)15-21(18,16(2)3)13-8-6-5-7-9-13/h1,5-9H,11-12H2,2-3H3. The van der Waals surface area contributed by atoms with Crippen molar-refractivity contribution < 1.29 is 12.6 Å². The highest BCUT2D eigenvalue weighted by atomic mass is 32.3. The number of nitrogens with zero attached hydrogens (tertiary/aromatic N) is 4. The molecule has 1 unspecified atom stereocenters. The third-order valence-electron chi connectivity index (χ3n) is 2.58. The van der Waals surface area contributed by atoms with Gasteiger partial charge in [0.2, 0.25) is 0 Å². The minimum absolute atomic E-state index is 0.251. The molecule has 0 radical (unpaired) electrons. The Labute approximate surface area is 131 Å². The molecule has 0 aliphatic rings. The van der Waals surface area contributed by atoms with Crippen LogP contribution in [0.1, 0.15) is 0 Å². The summed E-state index contributed by atoms with van der Waals surface area (Å²) in [6.07, 6.45) is 5.10. The molecule has 0 aliphatic heterocycles. The zero-order chi connectivity index (χ0) is 16.8. The van der Waals surface area contributed by atoms with Gasteiger partial charge in [0.05, 0.1) is 17.5 Å². The fourth-order valence-corrected chi connectivity index (χ4v) is 5.16. The van der Waals surface area contributed by atoms with E-state index < -0.39 is 26.7 Å². The van der Waals surface area contributed by atoms with E-state index >= 15 is 0 Å². The molecule has 0 aromatic heterocycles. The van der Waals surface area contributed by atoms with Gasteiger partial charge in [0, 0.05) is 14.1 Å². The first-order chi connectivity index (χ1) is 10.3. The molecule has 1 aromatic rings. The summed E-state index contributed by atoms with van der Waals surface area (Å²) in [5.74, 6) is 2.14. The number of rotatable bonds is 6. The smallest absolute Gasteiger partial charge is 0.227 e. The Morgan fingerprint density at radius 1 is 1.18 bits per heavy atom.